The molecule has 9 heteroatoms. The van der Waals surface area contributed by atoms with E-state index < -0.39 is 17.9 Å². The van der Waals surface area contributed by atoms with Crippen LogP contribution >= 0.6 is 0 Å². The molecule has 3 amide bonds. The number of likely N-dealkylation sites (N-methyl/N-ethyl adjacent to an activating group) is 1. The van der Waals surface area contributed by atoms with Gasteiger partial charge in [0, 0.05) is 56.2 Å². The summed E-state index contributed by atoms with van der Waals surface area (Å²) in [6.07, 6.45) is 4.84. The zero-order valence-electron chi connectivity index (χ0n) is 19.5. The summed E-state index contributed by atoms with van der Waals surface area (Å²) in [5, 5.41) is 5.91. The number of nitrogens with one attached hydrogen (secondary N) is 2. The third-order valence-corrected chi connectivity index (χ3v) is 7.98. The highest BCUT2D eigenvalue weighted by atomic mass is 19.3. The van der Waals surface area contributed by atoms with Crippen molar-refractivity contribution in [1.82, 2.24) is 15.5 Å². The lowest BCUT2D eigenvalue weighted by molar-refractivity contribution is -0.136. The van der Waals surface area contributed by atoms with E-state index in [4.69, 9.17) is 0 Å². The van der Waals surface area contributed by atoms with Crippen molar-refractivity contribution in [2.24, 2.45) is 5.92 Å². The second-order valence-corrected chi connectivity index (χ2v) is 10.3. The number of anilines is 1. The predicted octanol–water partition coefficient (Wildman–Crippen LogP) is 2.83. The summed E-state index contributed by atoms with van der Waals surface area (Å²) in [4.78, 5) is 40.6. The molecule has 2 saturated carbocycles. The Labute approximate surface area is 198 Å². The van der Waals surface area contributed by atoms with Crippen molar-refractivity contribution >= 4 is 23.4 Å². The van der Waals surface area contributed by atoms with Crippen molar-refractivity contribution in [3.05, 3.63) is 29.3 Å². The largest absolute Gasteiger partial charge is 0.370 e. The van der Waals surface area contributed by atoms with Crippen LogP contribution in [-0.4, -0.2) is 60.3 Å². The fraction of sp³-hybridized carbons (Fsp3) is 0.640. The van der Waals surface area contributed by atoms with Gasteiger partial charge in [-0.3, -0.25) is 19.7 Å². The monoisotopic (exact) mass is 474 g/mol. The van der Waals surface area contributed by atoms with Gasteiger partial charge in [-0.15, -0.1) is 0 Å². The zero-order chi connectivity index (χ0) is 24.0. The van der Waals surface area contributed by atoms with Crippen molar-refractivity contribution < 1.29 is 23.2 Å². The smallest absolute Gasteiger partial charge is 0.255 e. The maximum absolute atomic E-state index is 13.2. The Morgan fingerprint density at radius 3 is 2.65 bits per heavy atom. The number of carbonyl (C=O) groups is 3. The molecule has 34 heavy (non-hydrogen) atoms. The molecule has 1 unspecified atom stereocenters. The van der Waals surface area contributed by atoms with Crippen LogP contribution in [0, 0.1) is 5.92 Å². The normalized spacial score (nSPS) is 29.0. The minimum Gasteiger partial charge on any atom is -0.370 e. The molecule has 2 heterocycles. The summed E-state index contributed by atoms with van der Waals surface area (Å²) in [6, 6.07) is 5.67. The van der Waals surface area contributed by atoms with Crippen LogP contribution in [0.3, 0.4) is 0 Å². The molecule has 0 spiro atoms. The fourth-order valence-corrected chi connectivity index (χ4v) is 6.03. The summed E-state index contributed by atoms with van der Waals surface area (Å²) in [5.74, 6) is -3.31. The zero-order valence-corrected chi connectivity index (χ0v) is 19.5. The predicted molar refractivity (Wildman–Crippen MR) is 123 cm³/mol. The molecule has 0 bridgehead atoms. The van der Waals surface area contributed by atoms with Crippen LogP contribution in [0.5, 0.6) is 0 Å². The van der Waals surface area contributed by atoms with Gasteiger partial charge in [0.15, 0.2) is 0 Å². The van der Waals surface area contributed by atoms with Gasteiger partial charge in [0.1, 0.15) is 6.04 Å². The minimum absolute atomic E-state index is 0.0181. The number of benzene rings is 1. The second kappa shape index (κ2) is 8.91. The molecule has 1 aromatic carbocycles. The first-order chi connectivity index (χ1) is 16.2. The topological polar surface area (TPSA) is 81.8 Å². The maximum atomic E-state index is 13.2. The van der Waals surface area contributed by atoms with Crippen molar-refractivity contribution in [3.8, 4) is 0 Å². The lowest BCUT2D eigenvalue weighted by atomic mass is 9.80. The van der Waals surface area contributed by atoms with Gasteiger partial charge < -0.3 is 15.1 Å². The van der Waals surface area contributed by atoms with Gasteiger partial charge in [0.05, 0.1) is 0 Å². The summed E-state index contributed by atoms with van der Waals surface area (Å²) < 4.78 is 26.4. The fourth-order valence-electron chi connectivity index (χ4n) is 6.03. The molecule has 3 fully saturated rings. The highest BCUT2D eigenvalue weighted by Crippen LogP contribution is 2.42. The number of halogens is 2. The highest BCUT2D eigenvalue weighted by Gasteiger charge is 2.45. The molecule has 3 atom stereocenters. The molecular formula is C25H32F2N4O3. The van der Waals surface area contributed by atoms with Gasteiger partial charge in [-0.05, 0) is 55.5 Å². The minimum atomic E-state index is -2.49. The lowest BCUT2D eigenvalue weighted by Crippen LogP contribution is -2.53. The average Bonchev–Trinajstić information content (AvgIpc) is 3.11. The number of hydrogen-bond acceptors (Lipinski definition) is 5. The van der Waals surface area contributed by atoms with Crippen LogP contribution in [0.4, 0.5) is 14.5 Å². The Bertz CT molecular complexity index is 992. The van der Waals surface area contributed by atoms with Gasteiger partial charge in [0.2, 0.25) is 17.7 Å². The standard InChI is InChI=1S/C25H32F2N4O3/c1-30(20-5-3-2-4-19(20)28-13-15-11-25(26,27)12-15)17-6-7-18-16(10-17)14-31(24(18)34)21-8-9-22(32)29-23(21)33/h6-7,10,15,19-21,28H,2-5,8-9,11-14H2,1H3,(H,29,32,33)/t19-,20+,21?/m1/s1. The molecule has 2 aliphatic heterocycles. The van der Waals surface area contributed by atoms with E-state index in [9.17, 15) is 23.2 Å². The van der Waals surface area contributed by atoms with Gasteiger partial charge in [-0.2, -0.15) is 0 Å². The third kappa shape index (κ3) is 4.42. The summed E-state index contributed by atoms with van der Waals surface area (Å²) in [5.41, 5.74) is 2.49. The van der Waals surface area contributed by atoms with Gasteiger partial charge >= 0.3 is 0 Å². The molecule has 0 radical (unpaired) electrons. The second-order valence-electron chi connectivity index (χ2n) is 10.3. The van der Waals surface area contributed by atoms with E-state index in [1.54, 1.807) is 4.90 Å². The Morgan fingerprint density at radius 2 is 1.91 bits per heavy atom. The third-order valence-electron chi connectivity index (χ3n) is 7.98. The first-order valence-electron chi connectivity index (χ1n) is 12.3. The number of imide groups is 1. The van der Waals surface area contributed by atoms with Crippen LogP contribution in [-0.2, 0) is 16.1 Å². The molecule has 184 valence electrons. The number of nitrogens with zero attached hydrogens (tertiary/aromatic N) is 2. The molecule has 2 aliphatic carbocycles. The van der Waals surface area contributed by atoms with E-state index in [1.807, 2.05) is 18.2 Å². The summed E-state index contributed by atoms with van der Waals surface area (Å²) in [6.45, 7) is 0.981. The number of piperidine rings is 1. The van der Waals surface area contributed by atoms with E-state index in [0.29, 0.717) is 25.1 Å². The van der Waals surface area contributed by atoms with E-state index in [2.05, 4.69) is 22.6 Å². The number of fused-ring (bicyclic) bond motifs is 1. The Kier molecular flexibility index (Phi) is 6.08. The number of hydrogen-bond donors (Lipinski definition) is 2. The number of carbonyl (C=O) groups excluding carboxylic acids is 3. The van der Waals surface area contributed by atoms with E-state index in [-0.39, 0.29) is 49.1 Å². The average molecular weight is 475 g/mol. The Balaban J connectivity index is 1.26. The van der Waals surface area contributed by atoms with Crippen molar-refractivity contribution in [1.29, 1.82) is 0 Å². The molecular weight excluding hydrogens is 442 g/mol. The molecule has 4 aliphatic rings. The number of rotatable bonds is 6. The SMILES string of the molecule is CN(c1ccc2c(c1)CN(C1CCC(=O)NC1=O)C2=O)[C@H]1CCCC[C@H]1NCC1CC(F)(F)C1. The van der Waals surface area contributed by atoms with E-state index in [1.165, 1.54) is 0 Å². The van der Waals surface area contributed by atoms with Crippen molar-refractivity contribution in [3.63, 3.8) is 0 Å². The molecule has 1 saturated heterocycles. The number of amides is 3. The Morgan fingerprint density at radius 1 is 1.15 bits per heavy atom. The molecule has 0 aromatic heterocycles. The van der Waals surface area contributed by atoms with E-state index in [0.717, 1.165) is 36.9 Å². The van der Waals surface area contributed by atoms with Crippen LogP contribution in [0.1, 0.15) is 67.3 Å². The Hall–Kier alpha value is -2.55. The van der Waals surface area contributed by atoms with Gasteiger partial charge in [-0.1, -0.05) is 12.8 Å². The van der Waals surface area contributed by atoms with E-state index >= 15 is 0 Å². The van der Waals surface area contributed by atoms with Crippen LogP contribution < -0.4 is 15.5 Å². The first-order valence-corrected chi connectivity index (χ1v) is 12.3. The highest BCUT2D eigenvalue weighted by molar-refractivity contribution is 6.05. The number of alkyl halides is 2. The van der Waals surface area contributed by atoms with Crippen molar-refractivity contribution in [2.75, 3.05) is 18.5 Å². The van der Waals surface area contributed by atoms with Crippen molar-refractivity contribution in [2.45, 2.75) is 82.0 Å². The quantitative estimate of drug-likeness (QED) is 0.620. The first kappa shape index (κ1) is 23.2. The lowest BCUT2D eigenvalue weighted by Gasteiger charge is -2.42. The molecule has 7 nitrogen and oxygen atoms in total. The van der Waals surface area contributed by atoms with Crippen LogP contribution in [0.25, 0.3) is 0 Å². The molecule has 2 N–H and O–H groups in total. The summed E-state index contributed by atoms with van der Waals surface area (Å²) >= 11 is 0. The van der Waals surface area contributed by atoms with Crippen LogP contribution in [0.2, 0.25) is 0 Å². The molecule has 1 aromatic rings. The van der Waals surface area contributed by atoms with Gasteiger partial charge in [-0.25, -0.2) is 8.78 Å². The van der Waals surface area contributed by atoms with Crippen LogP contribution in [0.15, 0.2) is 18.2 Å². The maximum Gasteiger partial charge on any atom is 0.255 e. The summed E-state index contributed by atoms with van der Waals surface area (Å²) in [7, 11) is 2.05. The van der Waals surface area contributed by atoms with Gasteiger partial charge in [0.25, 0.3) is 5.91 Å². The molecule has 5 rings (SSSR count).